The third kappa shape index (κ3) is 2.99. The summed E-state index contributed by atoms with van der Waals surface area (Å²) in [5, 5.41) is 14.8. The first-order valence-electron chi connectivity index (χ1n) is 6.98. The zero-order valence-electron chi connectivity index (χ0n) is 11.8. The summed E-state index contributed by atoms with van der Waals surface area (Å²) in [6.45, 7) is 4.05. The molecule has 2 rings (SSSR count). The third-order valence-corrected chi connectivity index (χ3v) is 5.90. The zero-order valence-corrected chi connectivity index (χ0v) is 13.4. The lowest BCUT2D eigenvalue weighted by molar-refractivity contribution is 0.0895. The van der Waals surface area contributed by atoms with Crippen LogP contribution in [0.3, 0.4) is 0 Å². The maximum atomic E-state index is 12.3. The van der Waals surface area contributed by atoms with Crippen molar-refractivity contribution in [1.29, 1.82) is 5.26 Å². The Morgan fingerprint density at radius 2 is 2.25 bits per heavy atom. The summed E-state index contributed by atoms with van der Waals surface area (Å²) >= 11 is 7.46. The summed E-state index contributed by atoms with van der Waals surface area (Å²) in [6.07, 6.45) is 4.61. The average Bonchev–Trinajstić information content (AvgIpc) is 2.80. The Labute approximate surface area is 128 Å². The Hall–Kier alpha value is -1.05. The van der Waals surface area contributed by atoms with Crippen LogP contribution in [0.5, 0.6) is 0 Å². The molecule has 1 heterocycles. The molecule has 1 amide bonds. The lowest BCUT2D eigenvalue weighted by Crippen LogP contribution is -2.49. The highest BCUT2D eigenvalue weighted by atomic mass is 35.5. The maximum Gasteiger partial charge on any atom is 0.264 e. The van der Waals surface area contributed by atoms with Crippen molar-refractivity contribution in [1.82, 2.24) is 5.32 Å². The molecule has 0 unspecified atom stereocenters. The van der Waals surface area contributed by atoms with Gasteiger partial charge in [-0.25, -0.2) is 0 Å². The number of amides is 1. The molecule has 1 aliphatic carbocycles. The fourth-order valence-corrected chi connectivity index (χ4v) is 3.87. The number of carbonyl (C=O) groups is 1. The molecule has 5 heteroatoms. The fourth-order valence-electron chi connectivity index (χ4n) is 2.70. The van der Waals surface area contributed by atoms with Gasteiger partial charge < -0.3 is 5.32 Å². The van der Waals surface area contributed by atoms with E-state index in [1.165, 1.54) is 11.3 Å². The van der Waals surface area contributed by atoms with Crippen molar-refractivity contribution in [3.8, 4) is 6.07 Å². The SMILES string of the molecule is CCC1CCC(C#N)(NC(=O)c2scc(C)c2Cl)CC1. The summed E-state index contributed by atoms with van der Waals surface area (Å²) in [5.41, 5.74) is 0.187. The number of nitrogens with one attached hydrogen (secondary N) is 1. The normalized spacial score (nSPS) is 26.0. The molecule has 108 valence electrons. The number of nitrogens with zero attached hydrogens (tertiary/aromatic N) is 1. The first-order chi connectivity index (χ1) is 9.51. The molecule has 0 bridgehead atoms. The van der Waals surface area contributed by atoms with Gasteiger partial charge in [-0.3, -0.25) is 4.79 Å². The summed E-state index contributed by atoms with van der Waals surface area (Å²) < 4.78 is 0. The van der Waals surface area contributed by atoms with Crippen molar-refractivity contribution in [3.05, 3.63) is 20.8 Å². The molecule has 0 aromatic carbocycles. The third-order valence-electron chi connectivity index (χ3n) is 4.21. The molecule has 1 saturated carbocycles. The van der Waals surface area contributed by atoms with Crippen molar-refractivity contribution in [3.63, 3.8) is 0 Å². The van der Waals surface area contributed by atoms with Crippen LogP contribution in [0.25, 0.3) is 0 Å². The molecule has 1 N–H and O–H groups in total. The second-order valence-corrected chi connectivity index (χ2v) is 6.82. The predicted molar refractivity (Wildman–Crippen MR) is 82.1 cm³/mol. The second kappa shape index (κ2) is 6.15. The summed E-state index contributed by atoms with van der Waals surface area (Å²) in [5.74, 6) is 0.463. The number of carbonyl (C=O) groups excluding carboxylic acids is 1. The van der Waals surface area contributed by atoms with Crippen molar-refractivity contribution < 1.29 is 4.79 Å². The van der Waals surface area contributed by atoms with E-state index >= 15 is 0 Å². The Morgan fingerprint density at radius 3 is 2.70 bits per heavy atom. The minimum atomic E-state index is -0.718. The molecule has 0 spiro atoms. The quantitative estimate of drug-likeness (QED) is 0.904. The molecule has 0 saturated heterocycles. The van der Waals surface area contributed by atoms with Gasteiger partial charge in [0.2, 0.25) is 0 Å². The molecule has 1 aromatic rings. The topological polar surface area (TPSA) is 52.9 Å². The van der Waals surface area contributed by atoms with E-state index in [9.17, 15) is 10.1 Å². The van der Waals surface area contributed by atoms with E-state index in [0.29, 0.717) is 15.8 Å². The van der Waals surface area contributed by atoms with E-state index in [1.807, 2.05) is 12.3 Å². The molecule has 0 aliphatic heterocycles. The van der Waals surface area contributed by atoms with E-state index in [-0.39, 0.29) is 5.91 Å². The first-order valence-corrected chi connectivity index (χ1v) is 8.24. The van der Waals surface area contributed by atoms with Gasteiger partial charge in [-0.05, 0) is 49.5 Å². The number of hydrogen-bond acceptors (Lipinski definition) is 3. The number of hydrogen-bond donors (Lipinski definition) is 1. The minimum absolute atomic E-state index is 0.218. The van der Waals surface area contributed by atoms with Gasteiger partial charge in [0.05, 0.1) is 11.1 Å². The molecule has 0 radical (unpaired) electrons. The number of thiophene rings is 1. The van der Waals surface area contributed by atoms with Gasteiger partial charge in [-0.15, -0.1) is 11.3 Å². The monoisotopic (exact) mass is 310 g/mol. The van der Waals surface area contributed by atoms with Crippen molar-refractivity contribution >= 4 is 28.8 Å². The van der Waals surface area contributed by atoms with Gasteiger partial charge >= 0.3 is 0 Å². The van der Waals surface area contributed by atoms with Crippen molar-refractivity contribution in [2.24, 2.45) is 5.92 Å². The fraction of sp³-hybridized carbons (Fsp3) is 0.600. The van der Waals surface area contributed by atoms with Crippen LogP contribution in [-0.2, 0) is 0 Å². The van der Waals surface area contributed by atoms with E-state index in [4.69, 9.17) is 11.6 Å². The Kier molecular flexibility index (Phi) is 4.72. The molecule has 0 atom stereocenters. The largest absolute Gasteiger partial charge is 0.333 e. The molecular weight excluding hydrogens is 292 g/mol. The minimum Gasteiger partial charge on any atom is -0.333 e. The van der Waals surface area contributed by atoms with Crippen LogP contribution >= 0.6 is 22.9 Å². The standard InChI is InChI=1S/C15H19ClN2OS/c1-3-11-4-6-15(9-17,7-5-11)18-14(19)13-12(16)10(2)8-20-13/h8,11H,3-7H2,1-2H3,(H,18,19). The van der Waals surface area contributed by atoms with Crippen molar-refractivity contribution in [2.75, 3.05) is 0 Å². The van der Waals surface area contributed by atoms with E-state index in [2.05, 4.69) is 18.3 Å². The Balaban J connectivity index is 2.10. The highest BCUT2D eigenvalue weighted by Gasteiger charge is 2.37. The van der Waals surface area contributed by atoms with Crippen LogP contribution < -0.4 is 5.32 Å². The maximum absolute atomic E-state index is 12.3. The Bertz CT molecular complexity index is 539. The van der Waals surface area contributed by atoms with Gasteiger partial charge in [-0.1, -0.05) is 24.9 Å². The van der Waals surface area contributed by atoms with Crippen LogP contribution in [0.1, 0.15) is 54.3 Å². The molecular formula is C15H19ClN2OS. The zero-order chi connectivity index (χ0) is 14.8. The van der Waals surface area contributed by atoms with Gasteiger partial charge in [0.15, 0.2) is 0 Å². The molecule has 1 aliphatic rings. The van der Waals surface area contributed by atoms with Crippen LogP contribution in [0.4, 0.5) is 0 Å². The van der Waals surface area contributed by atoms with E-state index in [1.54, 1.807) is 0 Å². The lowest BCUT2D eigenvalue weighted by atomic mass is 9.76. The van der Waals surface area contributed by atoms with E-state index in [0.717, 1.165) is 37.7 Å². The number of rotatable bonds is 3. The highest BCUT2D eigenvalue weighted by molar-refractivity contribution is 7.13. The summed E-state index contributed by atoms with van der Waals surface area (Å²) in [6, 6.07) is 2.32. The van der Waals surface area contributed by atoms with Gasteiger partial charge in [0, 0.05) is 0 Å². The smallest absolute Gasteiger partial charge is 0.264 e. The first kappa shape index (κ1) is 15.3. The molecule has 1 aromatic heterocycles. The number of nitriles is 1. The van der Waals surface area contributed by atoms with Crippen LogP contribution in [0.15, 0.2) is 5.38 Å². The van der Waals surface area contributed by atoms with Gasteiger partial charge in [0.1, 0.15) is 10.4 Å². The van der Waals surface area contributed by atoms with Gasteiger partial charge in [-0.2, -0.15) is 5.26 Å². The number of aryl methyl sites for hydroxylation is 1. The molecule has 1 fully saturated rings. The van der Waals surface area contributed by atoms with Gasteiger partial charge in [0.25, 0.3) is 5.91 Å². The summed E-state index contributed by atoms with van der Waals surface area (Å²) in [7, 11) is 0. The van der Waals surface area contributed by atoms with Crippen LogP contribution in [-0.4, -0.2) is 11.4 Å². The molecule has 20 heavy (non-hydrogen) atoms. The van der Waals surface area contributed by atoms with Crippen LogP contribution in [0.2, 0.25) is 5.02 Å². The van der Waals surface area contributed by atoms with Crippen LogP contribution in [0, 0.1) is 24.2 Å². The highest BCUT2D eigenvalue weighted by Crippen LogP contribution is 2.34. The van der Waals surface area contributed by atoms with E-state index < -0.39 is 5.54 Å². The van der Waals surface area contributed by atoms with Crippen molar-refractivity contribution in [2.45, 2.75) is 51.5 Å². The molecule has 3 nitrogen and oxygen atoms in total. The second-order valence-electron chi connectivity index (χ2n) is 5.56. The lowest BCUT2D eigenvalue weighted by Gasteiger charge is -2.35. The predicted octanol–water partition coefficient (Wildman–Crippen LogP) is 4.30. The number of halogens is 1. The summed E-state index contributed by atoms with van der Waals surface area (Å²) in [4.78, 5) is 12.8. The Morgan fingerprint density at radius 1 is 1.60 bits per heavy atom. The average molecular weight is 311 g/mol.